The fraction of sp³-hybridized carbons (Fsp3) is 0.353. The highest BCUT2D eigenvalue weighted by atomic mass is 16.5. The van der Waals surface area contributed by atoms with E-state index in [-0.39, 0.29) is 24.6 Å². The van der Waals surface area contributed by atoms with Gasteiger partial charge in [-0.2, -0.15) is 0 Å². The van der Waals surface area contributed by atoms with Gasteiger partial charge in [0, 0.05) is 32.6 Å². The number of aromatic nitrogens is 1. The first-order valence-corrected chi connectivity index (χ1v) is 7.67. The summed E-state index contributed by atoms with van der Waals surface area (Å²) in [7, 11) is 3.57. The summed E-state index contributed by atoms with van der Waals surface area (Å²) >= 11 is 0. The maximum atomic E-state index is 12.2. The van der Waals surface area contributed by atoms with Crippen molar-refractivity contribution in [2.24, 2.45) is 5.73 Å². The lowest BCUT2D eigenvalue weighted by Gasteiger charge is -2.14. The van der Waals surface area contributed by atoms with Gasteiger partial charge < -0.3 is 15.2 Å². The van der Waals surface area contributed by atoms with E-state index in [1.54, 1.807) is 13.1 Å². The third-order valence-electron chi connectivity index (χ3n) is 3.54. The minimum absolute atomic E-state index is 0.118. The molecule has 1 aromatic heterocycles. The summed E-state index contributed by atoms with van der Waals surface area (Å²) in [6, 6.07) is 11.7. The Hall–Kier alpha value is -2.67. The highest BCUT2D eigenvalue weighted by Gasteiger charge is 2.18. The number of hydrogen-bond acceptors (Lipinski definition) is 5. The van der Waals surface area contributed by atoms with Crippen LogP contribution in [-0.4, -0.2) is 47.4 Å². The molecule has 2 rings (SSSR count). The van der Waals surface area contributed by atoms with E-state index in [1.807, 2.05) is 25.2 Å². The molecule has 0 spiro atoms. The summed E-state index contributed by atoms with van der Waals surface area (Å²) in [6.45, 7) is 1.56. The quantitative estimate of drug-likeness (QED) is 0.786. The first-order valence-electron chi connectivity index (χ1n) is 7.67. The summed E-state index contributed by atoms with van der Waals surface area (Å²) in [6.07, 6.45) is 0.118. The van der Waals surface area contributed by atoms with Crippen LogP contribution in [0, 0.1) is 0 Å². The zero-order valence-corrected chi connectivity index (χ0v) is 13.9. The lowest BCUT2D eigenvalue weighted by Crippen LogP contribution is -2.30. The number of rotatable bonds is 8. The lowest BCUT2D eigenvalue weighted by molar-refractivity contribution is -0.118. The molecule has 2 N–H and O–H groups in total. The van der Waals surface area contributed by atoms with Crippen LogP contribution in [0.15, 0.2) is 40.9 Å². The molecule has 1 aromatic carbocycles. The highest BCUT2D eigenvalue weighted by molar-refractivity contribution is 5.92. The van der Waals surface area contributed by atoms with Crippen LogP contribution in [0.25, 0.3) is 0 Å². The molecule has 1 heterocycles. The summed E-state index contributed by atoms with van der Waals surface area (Å²) in [5.41, 5.74) is 6.51. The molecule has 0 radical (unpaired) electrons. The van der Waals surface area contributed by atoms with Gasteiger partial charge in [0.05, 0.1) is 6.54 Å². The van der Waals surface area contributed by atoms with Crippen molar-refractivity contribution in [2.75, 3.05) is 20.6 Å². The third kappa shape index (κ3) is 5.20. The summed E-state index contributed by atoms with van der Waals surface area (Å²) in [5.74, 6) is -0.130. The van der Waals surface area contributed by atoms with Crippen LogP contribution in [0.3, 0.4) is 0 Å². The predicted octanol–water partition coefficient (Wildman–Crippen LogP) is 1.25. The Balaban J connectivity index is 1.90. The van der Waals surface area contributed by atoms with E-state index in [9.17, 15) is 9.59 Å². The molecular weight excluding hydrogens is 308 g/mol. The second-order valence-electron chi connectivity index (χ2n) is 5.78. The van der Waals surface area contributed by atoms with Crippen molar-refractivity contribution in [2.45, 2.75) is 19.5 Å². The maximum absolute atomic E-state index is 12.2. The van der Waals surface area contributed by atoms with Crippen LogP contribution < -0.4 is 5.73 Å². The van der Waals surface area contributed by atoms with Gasteiger partial charge in [-0.1, -0.05) is 35.5 Å². The van der Waals surface area contributed by atoms with E-state index in [1.165, 1.54) is 10.5 Å². The Morgan fingerprint density at radius 2 is 1.88 bits per heavy atom. The molecule has 7 heteroatoms. The van der Waals surface area contributed by atoms with Crippen molar-refractivity contribution in [1.82, 2.24) is 15.0 Å². The van der Waals surface area contributed by atoms with Crippen LogP contribution in [0.5, 0.6) is 0 Å². The second-order valence-corrected chi connectivity index (χ2v) is 5.78. The van der Waals surface area contributed by atoms with Gasteiger partial charge in [0.2, 0.25) is 5.91 Å². The average Bonchev–Trinajstić information content (AvgIpc) is 3.01. The largest absolute Gasteiger partial charge is 0.370 e. The Morgan fingerprint density at radius 3 is 2.54 bits per heavy atom. The minimum Gasteiger partial charge on any atom is -0.370 e. The number of hydrogen-bond donors (Lipinski definition) is 1. The highest BCUT2D eigenvalue weighted by Crippen LogP contribution is 2.11. The van der Waals surface area contributed by atoms with Crippen molar-refractivity contribution in [3.8, 4) is 0 Å². The molecule has 0 saturated heterocycles. The summed E-state index contributed by atoms with van der Waals surface area (Å²) in [5, 5.41) is 3.82. The van der Waals surface area contributed by atoms with Gasteiger partial charge >= 0.3 is 0 Å². The fourth-order valence-electron chi connectivity index (χ4n) is 2.28. The Labute approximate surface area is 141 Å². The van der Waals surface area contributed by atoms with Gasteiger partial charge in [0.15, 0.2) is 11.5 Å². The number of amides is 2. The zero-order valence-electron chi connectivity index (χ0n) is 13.9. The zero-order chi connectivity index (χ0) is 17.5. The molecule has 7 nitrogen and oxygen atoms in total. The van der Waals surface area contributed by atoms with Crippen LogP contribution in [0.1, 0.15) is 28.2 Å². The third-order valence-corrected chi connectivity index (χ3v) is 3.54. The molecule has 0 unspecified atom stereocenters. The van der Waals surface area contributed by atoms with Gasteiger partial charge in [-0.15, -0.1) is 0 Å². The minimum atomic E-state index is -0.446. The molecule has 2 amide bonds. The van der Waals surface area contributed by atoms with Gasteiger partial charge in [0.25, 0.3) is 5.91 Å². The number of nitrogens with zero attached hydrogens (tertiary/aromatic N) is 3. The molecule has 0 aliphatic heterocycles. The van der Waals surface area contributed by atoms with Gasteiger partial charge in [0.1, 0.15) is 0 Å². The SMILES string of the molecule is CN(Cc1ccccc1)Cc1cc(C(=O)N(C)CCC(N)=O)no1. The van der Waals surface area contributed by atoms with Crippen LogP contribution in [0.4, 0.5) is 0 Å². The van der Waals surface area contributed by atoms with Gasteiger partial charge in [-0.3, -0.25) is 14.5 Å². The van der Waals surface area contributed by atoms with Crippen molar-refractivity contribution < 1.29 is 14.1 Å². The predicted molar refractivity (Wildman–Crippen MR) is 88.9 cm³/mol. The number of nitrogens with two attached hydrogens (primary N) is 1. The molecule has 0 aliphatic rings. The fourth-order valence-corrected chi connectivity index (χ4v) is 2.28. The molecular formula is C17H22N4O3. The topological polar surface area (TPSA) is 92.7 Å². The standard InChI is InChI=1S/C17H22N4O3/c1-20(11-13-6-4-3-5-7-13)12-14-10-15(19-24-14)17(23)21(2)9-8-16(18)22/h3-7,10H,8-9,11-12H2,1-2H3,(H2,18,22). The molecule has 0 atom stereocenters. The molecule has 128 valence electrons. The van der Waals surface area contributed by atoms with Crippen molar-refractivity contribution in [3.63, 3.8) is 0 Å². The van der Waals surface area contributed by atoms with E-state index >= 15 is 0 Å². The number of benzene rings is 1. The molecule has 0 aliphatic carbocycles. The smallest absolute Gasteiger partial charge is 0.275 e. The molecule has 2 aromatic rings. The van der Waals surface area contributed by atoms with E-state index in [2.05, 4.69) is 22.2 Å². The Morgan fingerprint density at radius 1 is 1.17 bits per heavy atom. The van der Waals surface area contributed by atoms with E-state index in [4.69, 9.17) is 10.3 Å². The van der Waals surface area contributed by atoms with Crippen LogP contribution in [0.2, 0.25) is 0 Å². The monoisotopic (exact) mass is 330 g/mol. The molecule has 24 heavy (non-hydrogen) atoms. The van der Waals surface area contributed by atoms with Crippen molar-refractivity contribution >= 4 is 11.8 Å². The number of carbonyl (C=O) groups is 2. The first-order chi connectivity index (χ1) is 11.5. The Kier molecular flexibility index (Phi) is 6.08. The number of carbonyl (C=O) groups excluding carboxylic acids is 2. The average molecular weight is 330 g/mol. The molecule has 0 bridgehead atoms. The van der Waals surface area contributed by atoms with Gasteiger partial charge in [-0.25, -0.2) is 0 Å². The van der Waals surface area contributed by atoms with E-state index < -0.39 is 5.91 Å². The van der Waals surface area contributed by atoms with Gasteiger partial charge in [-0.05, 0) is 12.6 Å². The first kappa shape index (κ1) is 17.7. The number of primary amides is 1. The molecule has 0 saturated carbocycles. The van der Waals surface area contributed by atoms with Crippen LogP contribution >= 0.6 is 0 Å². The van der Waals surface area contributed by atoms with E-state index in [0.717, 1.165) is 6.54 Å². The maximum Gasteiger partial charge on any atom is 0.275 e. The Bertz CT molecular complexity index is 684. The second kappa shape index (κ2) is 8.26. The normalized spacial score (nSPS) is 10.8. The van der Waals surface area contributed by atoms with Crippen molar-refractivity contribution in [3.05, 3.63) is 53.4 Å². The van der Waals surface area contributed by atoms with Crippen molar-refractivity contribution in [1.29, 1.82) is 0 Å². The summed E-state index contributed by atoms with van der Waals surface area (Å²) in [4.78, 5) is 26.4. The van der Waals surface area contributed by atoms with E-state index in [0.29, 0.717) is 12.3 Å². The van der Waals surface area contributed by atoms with Crippen LogP contribution in [-0.2, 0) is 17.9 Å². The summed E-state index contributed by atoms with van der Waals surface area (Å²) < 4.78 is 5.24. The lowest BCUT2D eigenvalue weighted by atomic mass is 10.2. The molecule has 0 fully saturated rings.